The van der Waals surface area contributed by atoms with Crippen LogP contribution in [0.15, 0.2) is 52.9 Å². The summed E-state index contributed by atoms with van der Waals surface area (Å²) in [6, 6.07) is 10.7. The number of hydrogen-bond donors (Lipinski definition) is 1. The molecule has 3 aromatic rings. The van der Waals surface area contributed by atoms with E-state index in [1.54, 1.807) is 18.2 Å². The van der Waals surface area contributed by atoms with Gasteiger partial charge in [-0.15, -0.1) is 0 Å². The average molecular weight is 340 g/mol. The van der Waals surface area contributed by atoms with E-state index < -0.39 is 17.6 Å². The topological polar surface area (TPSA) is 42.2 Å². The number of furan rings is 1. The van der Waals surface area contributed by atoms with E-state index >= 15 is 0 Å². The summed E-state index contributed by atoms with van der Waals surface area (Å²) in [5, 5.41) is 3.50. The zero-order chi connectivity index (χ0) is 16.6. The highest BCUT2D eigenvalue weighted by atomic mass is 35.5. The van der Waals surface area contributed by atoms with Gasteiger partial charge in [-0.25, -0.2) is 0 Å². The molecule has 7 heteroatoms. The van der Waals surface area contributed by atoms with Crippen LogP contribution in [0.1, 0.15) is 16.1 Å². The largest absolute Gasteiger partial charge is 0.451 e. The quantitative estimate of drug-likeness (QED) is 0.683. The molecule has 0 aliphatic carbocycles. The molecule has 23 heavy (non-hydrogen) atoms. The zero-order valence-electron chi connectivity index (χ0n) is 11.4. The number of fused-ring (bicyclic) bond motifs is 1. The van der Waals surface area contributed by atoms with Gasteiger partial charge in [-0.3, -0.25) is 4.79 Å². The number of alkyl halides is 3. The number of amides is 1. The van der Waals surface area contributed by atoms with Crippen LogP contribution in [0.5, 0.6) is 0 Å². The van der Waals surface area contributed by atoms with Crippen molar-refractivity contribution >= 4 is 34.2 Å². The first-order valence-electron chi connectivity index (χ1n) is 6.51. The third-order valence-electron chi connectivity index (χ3n) is 3.15. The molecule has 1 heterocycles. The van der Waals surface area contributed by atoms with Crippen molar-refractivity contribution in [2.45, 2.75) is 6.18 Å². The highest BCUT2D eigenvalue weighted by molar-refractivity contribution is 6.31. The highest BCUT2D eigenvalue weighted by Gasteiger charge is 2.30. The SMILES string of the molecule is O=C(Nc1cccc(C(F)(F)F)c1)c1cc2cc(Cl)ccc2o1. The van der Waals surface area contributed by atoms with Gasteiger partial charge >= 0.3 is 6.18 Å². The van der Waals surface area contributed by atoms with Crippen molar-refractivity contribution in [2.24, 2.45) is 0 Å². The van der Waals surface area contributed by atoms with Crippen LogP contribution in [0.2, 0.25) is 5.02 Å². The molecule has 0 spiro atoms. The number of anilines is 1. The van der Waals surface area contributed by atoms with E-state index in [2.05, 4.69) is 5.32 Å². The lowest BCUT2D eigenvalue weighted by Crippen LogP contribution is -2.12. The number of nitrogens with one attached hydrogen (secondary N) is 1. The van der Waals surface area contributed by atoms with Gasteiger partial charge in [-0.1, -0.05) is 17.7 Å². The van der Waals surface area contributed by atoms with Crippen molar-refractivity contribution in [1.29, 1.82) is 0 Å². The van der Waals surface area contributed by atoms with Gasteiger partial charge in [-0.05, 0) is 42.5 Å². The van der Waals surface area contributed by atoms with Gasteiger partial charge in [0.1, 0.15) is 5.58 Å². The molecular weight excluding hydrogens is 331 g/mol. The fourth-order valence-electron chi connectivity index (χ4n) is 2.09. The van der Waals surface area contributed by atoms with Crippen LogP contribution in [0, 0.1) is 0 Å². The summed E-state index contributed by atoms with van der Waals surface area (Å²) in [5.74, 6) is -0.656. The molecule has 0 aliphatic rings. The van der Waals surface area contributed by atoms with E-state index in [9.17, 15) is 18.0 Å². The second-order valence-corrected chi connectivity index (χ2v) is 5.26. The summed E-state index contributed by atoms with van der Waals surface area (Å²) < 4.78 is 43.3. The maximum absolute atomic E-state index is 12.7. The lowest BCUT2D eigenvalue weighted by atomic mass is 10.2. The van der Waals surface area contributed by atoms with Crippen LogP contribution in [0.3, 0.4) is 0 Å². The zero-order valence-corrected chi connectivity index (χ0v) is 12.2. The average Bonchev–Trinajstić information content (AvgIpc) is 2.90. The molecule has 0 fully saturated rings. The van der Waals surface area contributed by atoms with E-state index in [1.807, 2.05) is 0 Å². The Morgan fingerprint density at radius 1 is 1.09 bits per heavy atom. The fraction of sp³-hybridized carbons (Fsp3) is 0.0625. The minimum atomic E-state index is -4.48. The van der Waals surface area contributed by atoms with E-state index in [0.29, 0.717) is 16.0 Å². The molecule has 0 aliphatic heterocycles. The second-order valence-electron chi connectivity index (χ2n) is 4.83. The van der Waals surface area contributed by atoms with Crippen LogP contribution in [0.4, 0.5) is 18.9 Å². The number of hydrogen-bond acceptors (Lipinski definition) is 2. The molecule has 1 aromatic heterocycles. The summed E-state index contributed by atoms with van der Waals surface area (Å²) in [6.45, 7) is 0. The molecule has 0 atom stereocenters. The molecule has 1 N–H and O–H groups in total. The summed E-state index contributed by atoms with van der Waals surface area (Å²) >= 11 is 5.85. The smallest absolute Gasteiger partial charge is 0.416 e. The molecule has 0 bridgehead atoms. The number of benzene rings is 2. The van der Waals surface area contributed by atoms with Crippen LogP contribution in [-0.4, -0.2) is 5.91 Å². The predicted octanol–water partition coefficient (Wildman–Crippen LogP) is 5.36. The van der Waals surface area contributed by atoms with Crippen molar-refractivity contribution < 1.29 is 22.4 Å². The van der Waals surface area contributed by atoms with E-state index in [4.69, 9.17) is 16.0 Å². The van der Waals surface area contributed by atoms with Crippen LogP contribution in [0.25, 0.3) is 11.0 Å². The molecule has 1 amide bonds. The number of carbonyl (C=O) groups excluding carboxylic acids is 1. The molecule has 2 aromatic carbocycles. The van der Waals surface area contributed by atoms with E-state index in [1.165, 1.54) is 18.2 Å². The van der Waals surface area contributed by atoms with Gasteiger partial charge in [0.2, 0.25) is 0 Å². The van der Waals surface area contributed by atoms with Crippen molar-refractivity contribution in [3.63, 3.8) is 0 Å². The Kier molecular flexibility index (Phi) is 3.77. The lowest BCUT2D eigenvalue weighted by Gasteiger charge is -2.09. The Labute approximate surface area is 133 Å². The number of carbonyl (C=O) groups is 1. The molecule has 0 radical (unpaired) electrons. The van der Waals surface area contributed by atoms with Crippen LogP contribution >= 0.6 is 11.6 Å². The standard InChI is InChI=1S/C16H9ClF3NO2/c17-11-4-5-13-9(6-11)7-14(23-13)15(22)21-12-3-1-2-10(8-12)16(18,19)20/h1-8H,(H,21,22). The Morgan fingerprint density at radius 2 is 1.87 bits per heavy atom. The first-order valence-corrected chi connectivity index (χ1v) is 6.88. The lowest BCUT2D eigenvalue weighted by molar-refractivity contribution is -0.137. The number of rotatable bonds is 2. The Bertz CT molecular complexity index is 886. The molecule has 0 unspecified atom stereocenters. The Morgan fingerprint density at radius 3 is 2.61 bits per heavy atom. The Hall–Kier alpha value is -2.47. The van der Waals surface area contributed by atoms with Gasteiger partial charge in [-0.2, -0.15) is 13.2 Å². The molecule has 118 valence electrons. The van der Waals surface area contributed by atoms with Crippen molar-refractivity contribution in [3.05, 3.63) is 64.9 Å². The predicted molar refractivity (Wildman–Crippen MR) is 80.6 cm³/mol. The minimum Gasteiger partial charge on any atom is -0.451 e. The van der Waals surface area contributed by atoms with Gasteiger partial charge in [0, 0.05) is 16.1 Å². The van der Waals surface area contributed by atoms with Crippen LogP contribution in [-0.2, 0) is 6.18 Å². The third kappa shape index (κ3) is 3.32. The van der Waals surface area contributed by atoms with Crippen molar-refractivity contribution in [1.82, 2.24) is 0 Å². The van der Waals surface area contributed by atoms with Crippen molar-refractivity contribution in [3.8, 4) is 0 Å². The molecule has 0 saturated carbocycles. The van der Waals surface area contributed by atoms with Gasteiger partial charge in [0.25, 0.3) is 5.91 Å². The monoisotopic (exact) mass is 339 g/mol. The third-order valence-corrected chi connectivity index (χ3v) is 3.39. The number of halogens is 4. The van der Waals surface area contributed by atoms with Gasteiger partial charge in [0.05, 0.1) is 5.56 Å². The maximum atomic E-state index is 12.7. The normalized spacial score (nSPS) is 11.7. The summed E-state index contributed by atoms with van der Waals surface area (Å²) in [5.41, 5.74) is -0.349. The highest BCUT2D eigenvalue weighted by Crippen LogP contribution is 2.31. The first kappa shape index (κ1) is 15.4. The van der Waals surface area contributed by atoms with Crippen molar-refractivity contribution in [2.75, 3.05) is 5.32 Å². The summed E-state index contributed by atoms with van der Waals surface area (Å²) in [4.78, 5) is 12.1. The minimum absolute atomic E-state index is 0.0142. The van der Waals surface area contributed by atoms with E-state index in [-0.39, 0.29) is 11.4 Å². The fourth-order valence-corrected chi connectivity index (χ4v) is 2.27. The van der Waals surface area contributed by atoms with Crippen LogP contribution < -0.4 is 5.32 Å². The summed E-state index contributed by atoms with van der Waals surface area (Å²) in [6.07, 6.45) is -4.48. The molecule has 3 rings (SSSR count). The molecule has 3 nitrogen and oxygen atoms in total. The molecular formula is C16H9ClF3NO2. The first-order chi connectivity index (χ1) is 10.8. The Balaban J connectivity index is 1.86. The maximum Gasteiger partial charge on any atom is 0.416 e. The molecule has 0 saturated heterocycles. The van der Waals surface area contributed by atoms with E-state index in [0.717, 1.165) is 12.1 Å². The second kappa shape index (κ2) is 5.62. The van der Waals surface area contributed by atoms with Gasteiger partial charge in [0.15, 0.2) is 5.76 Å². The summed E-state index contributed by atoms with van der Waals surface area (Å²) in [7, 11) is 0. The van der Waals surface area contributed by atoms with Gasteiger partial charge < -0.3 is 9.73 Å².